The zero-order chi connectivity index (χ0) is 13.8. The summed E-state index contributed by atoms with van der Waals surface area (Å²) in [5.74, 6) is -1.12. The molecule has 0 N–H and O–H groups in total. The Hall–Kier alpha value is -1.39. The fraction of sp³-hybridized carbons (Fsp3) is 0.769. The minimum absolute atomic E-state index is 0.196. The number of carbonyl (C=O) groups is 3. The molecule has 18 heavy (non-hydrogen) atoms. The monoisotopic (exact) mass is 254 g/mol. The lowest BCUT2D eigenvalue weighted by atomic mass is 9.63. The maximum absolute atomic E-state index is 12.5. The van der Waals surface area contributed by atoms with Gasteiger partial charge < -0.3 is 9.47 Å². The highest BCUT2D eigenvalue weighted by molar-refractivity contribution is 6.12. The number of Topliss-reactive ketones (excluding diaryl/α,β-unsaturated/α-hetero) is 1. The molecule has 2 aliphatic rings. The van der Waals surface area contributed by atoms with Gasteiger partial charge in [0.05, 0.1) is 19.6 Å². The van der Waals surface area contributed by atoms with Crippen LogP contribution in [0.15, 0.2) is 0 Å². The number of ketones is 1. The highest BCUT2D eigenvalue weighted by Crippen LogP contribution is 2.68. The number of esters is 2. The maximum atomic E-state index is 12.5. The van der Waals surface area contributed by atoms with Crippen molar-refractivity contribution in [2.24, 2.45) is 16.2 Å². The molecule has 0 unspecified atom stereocenters. The third kappa shape index (κ3) is 1.15. The van der Waals surface area contributed by atoms with Crippen molar-refractivity contribution in [3.8, 4) is 0 Å². The van der Waals surface area contributed by atoms with Crippen molar-refractivity contribution in [1.82, 2.24) is 0 Å². The van der Waals surface area contributed by atoms with E-state index in [1.807, 2.05) is 0 Å². The van der Waals surface area contributed by atoms with Gasteiger partial charge in [0.15, 0.2) is 5.78 Å². The Labute approximate surface area is 106 Å². The van der Waals surface area contributed by atoms with Gasteiger partial charge in [-0.1, -0.05) is 13.8 Å². The molecule has 2 aliphatic carbocycles. The summed E-state index contributed by atoms with van der Waals surface area (Å²) in [5, 5.41) is 0. The van der Waals surface area contributed by atoms with Crippen molar-refractivity contribution in [3.05, 3.63) is 0 Å². The first kappa shape index (κ1) is 13.1. The molecule has 100 valence electrons. The molecule has 0 amide bonds. The van der Waals surface area contributed by atoms with Crippen LogP contribution in [0.1, 0.15) is 33.1 Å². The number of hydrogen-bond acceptors (Lipinski definition) is 5. The first-order chi connectivity index (χ1) is 8.28. The van der Waals surface area contributed by atoms with Crippen LogP contribution in [0.2, 0.25) is 0 Å². The molecular formula is C13H18O5. The van der Waals surface area contributed by atoms with E-state index in [-0.39, 0.29) is 12.2 Å². The Balaban J connectivity index is 2.54. The van der Waals surface area contributed by atoms with E-state index in [0.29, 0.717) is 12.8 Å². The van der Waals surface area contributed by atoms with Crippen LogP contribution in [0, 0.1) is 16.2 Å². The van der Waals surface area contributed by atoms with Crippen LogP contribution >= 0.6 is 0 Å². The summed E-state index contributed by atoms with van der Waals surface area (Å²) in [6.45, 7) is 3.44. The maximum Gasteiger partial charge on any atom is 0.319 e. The van der Waals surface area contributed by atoms with Crippen molar-refractivity contribution in [3.63, 3.8) is 0 Å². The third-order valence-electron chi connectivity index (χ3n) is 4.93. The normalized spacial score (nSPS) is 36.6. The van der Waals surface area contributed by atoms with Gasteiger partial charge in [0.25, 0.3) is 0 Å². The average molecular weight is 254 g/mol. The van der Waals surface area contributed by atoms with Gasteiger partial charge in [0.2, 0.25) is 0 Å². The van der Waals surface area contributed by atoms with E-state index >= 15 is 0 Å². The summed E-state index contributed by atoms with van der Waals surface area (Å²) in [6, 6.07) is 0. The van der Waals surface area contributed by atoms with Crippen LogP contribution in [0.25, 0.3) is 0 Å². The molecule has 2 fully saturated rings. The molecule has 0 aromatic rings. The molecule has 0 aliphatic heterocycles. The molecule has 0 saturated heterocycles. The largest absolute Gasteiger partial charge is 0.469 e. The first-order valence-electron chi connectivity index (χ1n) is 6.00. The summed E-state index contributed by atoms with van der Waals surface area (Å²) in [5.41, 5.74) is -2.91. The second kappa shape index (κ2) is 3.56. The summed E-state index contributed by atoms with van der Waals surface area (Å²) >= 11 is 0. The van der Waals surface area contributed by atoms with Crippen LogP contribution in [0.3, 0.4) is 0 Å². The van der Waals surface area contributed by atoms with Gasteiger partial charge in [0.1, 0.15) is 5.41 Å². The van der Waals surface area contributed by atoms with Gasteiger partial charge in [-0.05, 0) is 19.3 Å². The van der Waals surface area contributed by atoms with E-state index in [1.165, 1.54) is 14.2 Å². The quantitative estimate of drug-likeness (QED) is 0.545. The molecule has 0 spiro atoms. The van der Waals surface area contributed by atoms with E-state index in [0.717, 1.165) is 0 Å². The lowest BCUT2D eigenvalue weighted by molar-refractivity contribution is -0.165. The van der Waals surface area contributed by atoms with Gasteiger partial charge >= 0.3 is 11.9 Å². The van der Waals surface area contributed by atoms with Gasteiger partial charge in [-0.2, -0.15) is 0 Å². The molecule has 2 atom stereocenters. The Morgan fingerprint density at radius 3 is 2.11 bits per heavy atom. The van der Waals surface area contributed by atoms with E-state index in [9.17, 15) is 14.4 Å². The van der Waals surface area contributed by atoms with Gasteiger partial charge in [-0.15, -0.1) is 0 Å². The summed E-state index contributed by atoms with van der Waals surface area (Å²) in [7, 11) is 2.59. The smallest absolute Gasteiger partial charge is 0.319 e. The topological polar surface area (TPSA) is 69.7 Å². The molecule has 5 heteroatoms. The number of ether oxygens (including phenoxy) is 2. The molecule has 2 saturated carbocycles. The highest BCUT2D eigenvalue weighted by Gasteiger charge is 2.76. The summed E-state index contributed by atoms with van der Waals surface area (Å²) in [6.07, 6.45) is 1.08. The molecule has 0 heterocycles. The summed E-state index contributed by atoms with van der Waals surface area (Å²) in [4.78, 5) is 36.6. The number of rotatable bonds is 2. The van der Waals surface area contributed by atoms with Gasteiger partial charge in [-0.3, -0.25) is 14.4 Å². The fourth-order valence-electron chi connectivity index (χ4n) is 3.75. The van der Waals surface area contributed by atoms with E-state index in [2.05, 4.69) is 0 Å². The second-order valence-corrected chi connectivity index (χ2v) is 5.78. The Morgan fingerprint density at radius 2 is 1.61 bits per heavy atom. The molecule has 5 nitrogen and oxygen atoms in total. The Kier molecular flexibility index (Phi) is 2.58. The minimum atomic E-state index is -1.15. The Bertz CT molecular complexity index is 439. The minimum Gasteiger partial charge on any atom is -0.469 e. The predicted octanol–water partition coefficient (Wildman–Crippen LogP) is 1.10. The first-order valence-corrected chi connectivity index (χ1v) is 6.00. The molecule has 0 aromatic carbocycles. The van der Waals surface area contributed by atoms with Crippen LogP contribution in [0.4, 0.5) is 0 Å². The lowest BCUT2D eigenvalue weighted by Crippen LogP contribution is -2.48. The van der Waals surface area contributed by atoms with Crippen molar-refractivity contribution in [2.75, 3.05) is 14.2 Å². The zero-order valence-electron chi connectivity index (χ0n) is 11.2. The number of fused-ring (bicyclic) bond motifs is 2. The predicted molar refractivity (Wildman–Crippen MR) is 61.5 cm³/mol. The fourth-order valence-corrected chi connectivity index (χ4v) is 3.75. The van der Waals surface area contributed by atoms with Crippen molar-refractivity contribution < 1.29 is 23.9 Å². The highest BCUT2D eigenvalue weighted by atomic mass is 16.5. The number of hydrogen-bond donors (Lipinski definition) is 0. The Morgan fingerprint density at radius 1 is 1.06 bits per heavy atom. The van der Waals surface area contributed by atoms with Crippen LogP contribution in [-0.4, -0.2) is 31.9 Å². The van der Waals surface area contributed by atoms with Crippen molar-refractivity contribution in [2.45, 2.75) is 33.1 Å². The zero-order valence-corrected chi connectivity index (χ0v) is 11.2. The van der Waals surface area contributed by atoms with Gasteiger partial charge in [-0.25, -0.2) is 0 Å². The number of carbonyl (C=O) groups excluding carboxylic acids is 3. The standard InChI is InChI=1S/C13H18O5/c1-11(2)8(14)12(9(15)17-3)5-6-13(11,7-12)10(16)18-4/h5-7H2,1-4H3/t12-,13-/m0/s1. The van der Waals surface area contributed by atoms with E-state index in [1.54, 1.807) is 13.8 Å². The van der Waals surface area contributed by atoms with Crippen LogP contribution in [-0.2, 0) is 23.9 Å². The third-order valence-corrected chi connectivity index (χ3v) is 4.93. The molecule has 2 bridgehead atoms. The summed E-state index contributed by atoms with van der Waals surface area (Å²) < 4.78 is 9.62. The van der Waals surface area contributed by atoms with Crippen molar-refractivity contribution in [1.29, 1.82) is 0 Å². The van der Waals surface area contributed by atoms with E-state index in [4.69, 9.17) is 9.47 Å². The van der Waals surface area contributed by atoms with Crippen LogP contribution in [0.5, 0.6) is 0 Å². The SMILES string of the molecule is COC(=O)[C@@]12CC[C@@](C(=O)OC)(C1)C(C)(C)C2=O. The molecule has 0 radical (unpaired) electrons. The molecular weight excluding hydrogens is 236 g/mol. The second-order valence-electron chi connectivity index (χ2n) is 5.78. The lowest BCUT2D eigenvalue weighted by Gasteiger charge is -2.38. The molecule has 2 rings (SSSR count). The number of methoxy groups -OCH3 is 2. The molecule has 0 aromatic heterocycles. The van der Waals surface area contributed by atoms with Crippen LogP contribution < -0.4 is 0 Å². The van der Waals surface area contributed by atoms with E-state index < -0.39 is 28.2 Å². The van der Waals surface area contributed by atoms with Crippen molar-refractivity contribution >= 4 is 17.7 Å². The average Bonchev–Trinajstić information content (AvgIpc) is 2.84. The van der Waals surface area contributed by atoms with Gasteiger partial charge in [0, 0.05) is 5.41 Å².